The first kappa shape index (κ1) is 26.1. The van der Waals surface area contributed by atoms with Crippen molar-refractivity contribution in [2.75, 3.05) is 5.32 Å². The van der Waals surface area contributed by atoms with E-state index in [1.54, 1.807) is 11.8 Å². The Bertz CT molecular complexity index is 1510. The Balaban J connectivity index is 1.39. The minimum absolute atomic E-state index is 0.126. The summed E-state index contributed by atoms with van der Waals surface area (Å²) in [5.41, 5.74) is 5.55. The molecule has 3 aromatic carbocycles. The summed E-state index contributed by atoms with van der Waals surface area (Å²) >= 11 is 7.78. The number of thioether (sulfide) groups is 1. The van der Waals surface area contributed by atoms with E-state index < -0.39 is 0 Å². The van der Waals surface area contributed by atoms with Gasteiger partial charge in [-0.05, 0) is 67.7 Å². The first-order chi connectivity index (χ1) is 19.0. The molecule has 39 heavy (non-hydrogen) atoms. The average Bonchev–Trinajstić information content (AvgIpc) is 3.39. The van der Waals surface area contributed by atoms with Crippen molar-refractivity contribution in [2.24, 2.45) is 5.92 Å². The van der Waals surface area contributed by atoms with E-state index in [1.165, 1.54) is 35.7 Å². The number of rotatable bonds is 6. The van der Waals surface area contributed by atoms with Crippen LogP contribution in [0.1, 0.15) is 49.4 Å². The van der Waals surface area contributed by atoms with Gasteiger partial charge in [0.05, 0.1) is 4.91 Å². The summed E-state index contributed by atoms with van der Waals surface area (Å²) < 4.78 is 2.34. The second-order valence-corrected chi connectivity index (χ2v) is 12.3. The number of hydrogen-bond acceptors (Lipinski definition) is 3. The molecule has 4 nitrogen and oxygen atoms in total. The molecule has 2 aliphatic rings. The second kappa shape index (κ2) is 11.1. The summed E-state index contributed by atoms with van der Waals surface area (Å²) in [4.78, 5) is 17.0. The molecule has 6 rings (SSSR count). The third kappa shape index (κ3) is 5.22. The van der Waals surface area contributed by atoms with E-state index in [2.05, 4.69) is 83.2 Å². The molecule has 1 saturated heterocycles. The Kier molecular flexibility index (Phi) is 7.46. The summed E-state index contributed by atoms with van der Waals surface area (Å²) in [6.45, 7) is 5.21. The molecule has 3 atom stereocenters. The Morgan fingerprint density at radius 3 is 2.46 bits per heavy atom. The first-order valence-corrected chi connectivity index (χ1v) is 15.1. The lowest BCUT2D eigenvalue weighted by atomic mass is 9.85. The van der Waals surface area contributed by atoms with Crippen LogP contribution in [0.15, 0.2) is 83.8 Å². The molecule has 1 aromatic heterocycles. The number of nitrogens with zero attached hydrogens (tertiary/aromatic N) is 2. The van der Waals surface area contributed by atoms with Crippen LogP contribution in [-0.4, -0.2) is 26.9 Å². The van der Waals surface area contributed by atoms with Crippen molar-refractivity contribution in [3.8, 4) is 0 Å². The van der Waals surface area contributed by atoms with Gasteiger partial charge in [0, 0.05) is 45.5 Å². The molecule has 0 radical (unpaired) electrons. The Hall–Kier alpha value is -3.15. The first-order valence-electron chi connectivity index (χ1n) is 13.8. The Labute approximate surface area is 240 Å². The highest BCUT2D eigenvalue weighted by Gasteiger charge is 2.43. The van der Waals surface area contributed by atoms with Gasteiger partial charge in [-0.15, -0.1) is 0 Å². The van der Waals surface area contributed by atoms with Crippen molar-refractivity contribution in [3.05, 3.63) is 106 Å². The predicted octanol–water partition coefficient (Wildman–Crippen LogP) is 8.54. The predicted molar refractivity (Wildman–Crippen MR) is 165 cm³/mol. The zero-order chi connectivity index (χ0) is 26.9. The lowest BCUT2D eigenvalue weighted by molar-refractivity contribution is -0.129. The van der Waals surface area contributed by atoms with Gasteiger partial charge in [-0.25, -0.2) is 0 Å². The van der Waals surface area contributed by atoms with Crippen molar-refractivity contribution in [1.29, 1.82) is 0 Å². The van der Waals surface area contributed by atoms with Gasteiger partial charge in [0.15, 0.2) is 5.50 Å². The van der Waals surface area contributed by atoms with Gasteiger partial charge >= 0.3 is 0 Å². The number of anilines is 1. The van der Waals surface area contributed by atoms with Crippen molar-refractivity contribution in [2.45, 2.75) is 57.6 Å². The molecule has 0 bridgehead atoms. The van der Waals surface area contributed by atoms with Gasteiger partial charge in [0.2, 0.25) is 0 Å². The largest absolute Gasteiger partial charge is 0.356 e. The fourth-order valence-corrected chi connectivity index (χ4v) is 7.43. The van der Waals surface area contributed by atoms with Crippen molar-refractivity contribution < 1.29 is 4.79 Å². The zero-order valence-electron chi connectivity index (χ0n) is 22.4. The molecular formula is C33H34ClN3OS. The highest BCUT2D eigenvalue weighted by Crippen LogP contribution is 2.43. The van der Waals surface area contributed by atoms with Gasteiger partial charge in [-0.1, -0.05) is 91.7 Å². The number of para-hydroxylation sites is 2. The summed E-state index contributed by atoms with van der Waals surface area (Å²) in [7, 11) is 0. The SMILES string of the molecule is Cc1c(/C=C2\SC(Nc3ccccc3)N([C@H]3CCCC[C@@H]3C)C2=O)c2ccccc2n1Cc1ccc(Cl)cc1. The number of benzene rings is 3. The van der Waals surface area contributed by atoms with Crippen LogP contribution < -0.4 is 5.32 Å². The minimum atomic E-state index is -0.126. The fourth-order valence-electron chi connectivity index (χ4n) is 6.11. The molecule has 1 amide bonds. The molecule has 0 spiro atoms. The second-order valence-electron chi connectivity index (χ2n) is 10.8. The number of carbonyl (C=O) groups is 1. The molecule has 1 aliphatic heterocycles. The Morgan fingerprint density at radius 2 is 1.69 bits per heavy atom. The molecule has 200 valence electrons. The minimum Gasteiger partial charge on any atom is -0.356 e. The molecule has 1 N–H and O–H groups in total. The molecule has 2 heterocycles. The average molecular weight is 556 g/mol. The number of halogens is 1. The van der Waals surface area contributed by atoms with Crippen LogP contribution in [-0.2, 0) is 11.3 Å². The quantitative estimate of drug-likeness (QED) is 0.242. The molecular weight excluding hydrogens is 522 g/mol. The highest BCUT2D eigenvalue weighted by atomic mass is 35.5. The van der Waals surface area contributed by atoms with Crippen LogP contribution in [0.3, 0.4) is 0 Å². The zero-order valence-corrected chi connectivity index (χ0v) is 24.0. The van der Waals surface area contributed by atoms with Crippen LogP contribution >= 0.6 is 23.4 Å². The van der Waals surface area contributed by atoms with Gasteiger partial charge in [0.1, 0.15) is 0 Å². The summed E-state index contributed by atoms with van der Waals surface area (Å²) in [6.07, 6.45) is 6.80. The van der Waals surface area contributed by atoms with Gasteiger partial charge in [-0.3, -0.25) is 4.79 Å². The standard InChI is InChI=1S/C33H34ClN3OS/c1-22-10-6-8-14-29(22)37-32(38)31(39-33(37)35-26-11-4-3-5-12-26)20-28-23(2)36(30-15-9-7-13-27(28)30)21-24-16-18-25(34)19-17-24/h3-5,7,9,11-13,15-20,22,29,33,35H,6,8,10,14,21H2,1-2H3/b31-20-/t22-,29-,33?/m0/s1. The lowest BCUT2D eigenvalue weighted by Crippen LogP contribution is -2.48. The van der Waals surface area contributed by atoms with Crippen LogP contribution in [0.2, 0.25) is 5.02 Å². The molecule has 6 heteroatoms. The van der Waals surface area contributed by atoms with Gasteiger partial charge < -0.3 is 14.8 Å². The number of fused-ring (bicyclic) bond motifs is 1. The number of carbonyl (C=O) groups excluding carboxylic acids is 1. The fraction of sp³-hybridized carbons (Fsp3) is 0.303. The normalized spacial score (nSPS) is 22.6. The van der Waals surface area contributed by atoms with Crippen LogP contribution in [0, 0.1) is 12.8 Å². The smallest absolute Gasteiger partial charge is 0.262 e. The van der Waals surface area contributed by atoms with Crippen LogP contribution in [0.5, 0.6) is 0 Å². The molecule has 1 saturated carbocycles. The summed E-state index contributed by atoms with van der Waals surface area (Å²) in [6, 6.07) is 27.0. The van der Waals surface area contributed by atoms with Crippen LogP contribution in [0.25, 0.3) is 17.0 Å². The maximum absolute atomic E-state index is 14.1. The number of nitrogens with one attached hydrogen (secondary N) is 1. The third-order valence-electron chi connectivity index (χ3n) is 8.23. The maximum Gasteiger partial charge on any atom is 0.262 e. The van der Waals surface area contributed by atoms with E-state index >= 15 is 0 Å². The van der Waals surface area contributed by atoms with E-state index in [1.807, 2.05) is 30.3 Å². The molecule has 1 unspecified atom stereocenters. The number of amides is 1. The number of hydrogen-bond donors (Lipinski definition) is 1. The van der Waals surface area contributed by atoms with Gasteiger partial charge in [-0.2, -0.15) is 0 Å². The van der Waals surface area contributed by atoms with Gasteiger partial charge in [0.25, 0.3) is 5.91 Å². The Morgan fingerprint density at radius 1 is 0.974 bits per heavy atom. The summed E-state index contributed by atoms with van der Waals surface area (Å²) in [5, 5.41) is 5.57. The number of aromatic nitrogens is 1. The van der Waals surface area contributed by atoms with E-state index in [0.717, 1.165) is 39.8 Å². The lowest BCUT2D eigenvalue weighted by Gasteiger charge is -2.39. The van der Waals surface area contributed by atoms with E-state index in [4.69, 9.17) is 11.6 Å². The van der Waals surface area contributed by atoms with Crippen molar-refractivity contribution >= 4 is 51.9 Å². The highest BCUT2D eigenvalue weighted by molar-refractivity contribution is 8.05. The molecule has 1 aliphatic carbocycles. The molecule has 2 fully saturated rings. The molecule has 4 aromatic rings. The van der Waals surface area contributed by atoms with Crippen LogP contribution in [0.4, 0.5) is 5.69 Å². The monoisotopic (exact) mass is 555 g/mol. The van der Waals surface area contributed by atoms with Crippen molar-refractivity contribution in [3.63, 3.8) is 0 Å². The van der Waals surface area contributed by atoms with E-state index in [-0.39, 0.29) is 17.4 Å². The van der Waals surface area contributed by atoms with E-state index in [0.29, 0.717) is 5.92 Å². The third-order valence-corrected chi connectivity index (χ3v) is 9.60. The topological polar surface area (TPSA) is 37.3 Å². The maximum atomic E-state index is 14.1. The van der Waals surface area contributed by atoms with E-state index in [9.17, 15) is 4.79 Å². The van der Waals surface area contributed by atoms with Crippen molar-refractivity contribution in [1.82, 2.24) is 9.47 Å². The summed E-state index contributed by atoms with van der Waals surface area (Å²) in [5.74, 6) is 0.631.